The van der Waals surface area contributed by atoms with Crippen LogP contribution in [0, 0.1) is 0 Å². The van der Waals surface area contributed by atoms with Gasteiger partial charge in [0.1, 0.15) is 5.69 Å². The van der Waals surface area contributed by atoms with Crippen LogP contribution in [-0.4, -0.2) is 28.6 Å². The van der Waals surface area contributed by atoms with Crippen LogP contribution in [0.3, 0.4) is 0 Å². The summed E-state index contributed by atoms with van der Waals surface area (Å²) >= 11 is 0. The van der Waals surface area contributed by atoms with Crippen molar-refractivity contribution in [2.24, 2.45) is 5.73 Å². The molecule has 1 atom stereocenters. The fourth-order valence-electron chi connectivity index (χ4n) is 1.02. The lowest BCUT2D eigenvalue weighted by Crippen LogP contribution is -2.35. The van der Waals surface area contributed by atoms with E-state index in [-0.39, 0.29) is 18.6 Å². The van der Waals surface area contributed by atoms with Crippen molar-refractivity contribution in [3.05, 3.63) is 29.6 Å². The highest BCUT2D eigenvalue weighted by molar-refractivity contribution is 5.92. The summed E-state index contributed by atoms with van der Waals surface area (Å²) in [5, 5.41) is 11.4. The molecule has 1 heterocycles. The van der Waals surface area contributed by atoms with Crippen molar-refractivity contribution in [1.82, 2.24) is 10.3 Å². The lowest BCUT2D eigenvalue weighted by molar-refractivity contribution is 0.0917. The number of nitrogens with one attached hydrogen (secondary N) is 1. The van der Waals surface area contributed by atoms with E-state index < -0.39 is 0 Å². The van der Waals surface area contributed by atoms with Crippen LogP contribution in [0.1, 0.15) is 23.0 Å². The highest BCUT2D eigenvalue weighted by Gasteiger charge is 2.09. The van der Waals surface area contributed by atoms with Gasteiger partial charge >= 0.3 is 0 Å². The molecule has 0 fully saturated rings. The molecule has 0 aromatic carbocycles. The number of aliphatic hydroxyl groups excluding tert-OH is 1. The smallest absolute Gasteiger partial charge is 0.270 e. The predicted molar refractivity (Wildman–Crippen MR) is 56.1 cm³/mol. The number of carbonyl (C=O) groups excluding carboxylic acids is 1. The van der Waals surface area contributed by atoms with E-state index in [1.54, 1.807) is 25.3 Å². The van der Waals surface area contributed by atoms with Crippen molar-refractivity contribution in [1.29, 1.82) is 0 Å². The van der Waals surface area contributed by atoms with Crippen LogP contribution < -0.4 is 11.1 Å². The van der Waals surface area contributed by atoms with Gasteiger partial charge in [-0.2, -0.15) is 0 Å². The first-order valence-corrected chi connectivity index (χ1v) is 4.74. The summed E-state index contributed by atoms with van der Waals surface area (Å²) in [4.78, 5) is 15.5. The molecule has 82 valence electrons. The van der Waals surface area contributed by atoms with Gasteiger partial charge in [0.25, 0.3) is 5.91 Å². The SMILES string of the molecule is C[C@@H](CO)NC(=O)c1ccc(CN)cn1. The van der Waals surface area contributed by atoms with Gasteiger partial charge in [-0.05, 0) is 18.6 Å². The van der Waals surface area contributed by atoms with E-state index in [0.29, 0.717) is 12.2 Å². The number of aromatic nitrogens is 1. The Bertz CT molecular complexity index is 324. The third kappa shape index (κ3) is 3.30. The summed E-state index contributed by atoms with van der Waals surface area (Å²) in [5.41, 5.74) is 6.61. The molecule has 0 saturated carbocycles. The molecule has 1 aromatic rings. The van der Waals surface area contributed by atoms with Crippen LogP contribution in [0.15, 0.2) is 18.3 Å². The molecule has 0 saturated heterocycles. The standard InChI is InChI=1S/C10H15N3O2/c1-7(6-14)13-10(15)9-3-2-8(4-11)5-12-9/h2-3,5,7,14H,4,6,11H2,1H3,(H,13,15)/t7-/m0/s1. The maximum Gasteiger partial charge on any atom is 0.270 e. The zero-order chi connectivity index (χ0) is 11.3. The average Bonchev–Trinajstić information content (AvgIpc) is 2.29. The Balaban J connectivity index is 2.66. The van der Waals surface area contributed by atoms with Gasteiger partial charge in [-0.25, -0.2) is 0 Å². The number of hydrogen-bond donors (Lipinski definition) is 3. The lowest BCUT2D eigenvalue weighted by atomic mass is 10.2. The quantitative estimate of drug-likeness (QED) is 0.632. The fourth-order valence-corrected chi connectivity index (χ4v) is 1.02. The van der Waals surface area contributed by atoms with E-state index in [2.05, 4.69) is 10.3 Å². The van der Waals surface area contributed by atoms with E-state index in [4.69, 9.17) is 10.8 Å². The zero-order valence-electron chi connectivity index (χ0n) is 8.60. The van der Waals surface area contributed by atoms with Crippen LogP contribution in [0.25, 0.3) is 0 Å². The molecule has 1 rings (SSSR count). The largest absolute Gasteiger partial charge is 0.394 e. The summed E-state index contributed by atoms with van der Waals surface area (Å²) < 4.78 is 0. The van der Waals surface area contributed by atoms with Crippen LogP contribution in [0.2, 0.25) is 0 Å². The number of rotatable bonds is 4. The van der Waals surface area contributed by atoms with Crippen molar-refractivity contribution in [2.75, 3.05) is 6.61 Å². The van der Waals surface area contributed by atoms with Crippen molar-refractivity contribution in [3.63, 3.8) is 0 Å². The Kier molecular flexibility index (Phi) is 4.20. The first kappa shape index (κ1) is 11.6. The summed E-state index contributed by atoms with van der Waals surface area (Å²) in [6.45, 7) is 2.03. The molecule has 0 radical (unpaired) electrons. The van der Waals surface area contributed by atoms with E-state index >= 15 is 0 Å². The van der Waals surface area contributed by atoms with Crippen molar-refractivity contribution < 1.29 is 9.90 Å². The number of hydrogen-bond acceptors (Lipinski definition) is 4. The van der Waals surface area contributed by atoms with Gasteiger partial charge in [-0.1, -0.05) is 6.07 Å². The molecule has 0 spiro atoms. The third-order valence-electron chi connectivity index (χ3n) is 1.94. The Morgan fingerprint density at radius 3 is 2.87 bits per heavy atom. The van der Waals surface area contributed by atoms with Crippen molar-refractivity contribution >= 4 is 5.91 Å². The van der Waals surface area contributed by atoms with Gasteiger partial charge in [0.05, 0.1) is 6.61 Å². The zero-order valence-corrected chi connectivity index (χ0v) is 8.60. The van der Waals surface area contributed by atoms with Gasteiger partial charge in [0, 0.05) is 18.8 Å². The maximum atomic E-state index is 11.5. The summed E-state index contributed by atoms with van der Waals surface area (Å²) in [7, 11) is 0. The van der Waals surface area contributed by atoms with Crippen LogP contribution in [0.5, 0.6) is 0 Å². The summed E-state index contributed by atoms with van der Waals surface area (Å²) in [6, 6.07) is 3.10. The Morgan fingerprint density at radius 2 is 2.40 bits per heavy atom. The predicted octanol–water partition coefficient (Wildman–Crippen LogP) is -0.349. The average molecular weight is 209 g/mol. The molecule has 1 aromatic heterocycles. The second-order valence-electron chi connectivity index (χ2n) is 3.31. The van der Waals surface area contributed by atoms with Crippen molar-refractivity contribution in [2.45, 2.75) is 19.5 Å². The normalized spacial score (nSPS) is 12.2. The first-order valence-electron chi connectivity index (χ1n) is 4.74. The van der Waals surface area contributed by atoms with Crippen LogP contribution in [0.4, 0.5) is 0 Å². The minimum absolute atomic E-state index is 0.0907. The van der Waals surface area contributed by atoms with Gasteiger partial charge in [0.15, 0.2) is 0 Å². The minimum atomic E-state index is -0.292. The monoisotopic (exact) mass is 209 g/mol. The van der Waals surface area contributed by atoms with E-state index in [1.807, 2.05) is 0 Å². The molecule has 4 N–H and O–H groups in total. The number of nitrogens with zero attached hydrogens (tertiary/aromatic N) is 1. The second kappa shape index (κ2) is 5.43. The van der Waals surface area contributed by atoms with Gasteiger partial charge in [0.2, 0.25) is 0 Å². The number of aliphatic hydroxyl groups is 1. The maximum absolute atomic E-state index is 11.5. The van der Waals surface area contributed by atoms with E-state index in [0.717, 1.165) is 5.56 Å². The van der Waals surface area contributed by atoms with Crippen LogP contribution >= 0.6 is 0 Å². The minimum Gasteiger partial charge on any atom is -0.394 e. The molecule has 0 aliphatic heterocycles. The van der Waals surface area contributed by atoms with E-state index in [9.17, 15) is 4.79 Å². The molecular formula is C10H15N3O2. The Morgan fingerprint density at radius 1 is 1.67 bits per heavy atom. The highest BCUT2D eigenvalue weighted by Crippen LogP contribution is 1.99. The molecule has 1 amide bonds. The molecule has 0 aliphatic carbocycles. The fraction of sp³-hybridized carbons (Fsp3) is 0.400. The molecule has 0 aliphatic rings. The summed E-state index contributed by atoms with van der Waals surface area (Å²) in [5.74, 6) is -0.292. The molecule has 5 nitrogen and oxygen atoms in total. The topological polar surface area (TPSA) is 88.2 Å². The third-order valence-corrected chi connectivity index (χ3v) is 1.94. The Hall–Kier alpha value is -1.46. The molecular weight excluding hydrogens is 194 g/mol. The molecule has 0 bridgehead atoms. The van der Waals surface area contributed by atoms with Gasteiger partial charge in [-0.15, -0.1) is 0 Å². The van der Waals surface area contributed by atoms with Gasteiger partial charge < -0.3 is 16.2 Å². The second-order valence-corrected chi connectivity index (χ2v) is 3.31. The number of nitrogens with two attached hydrogens (primary N) is 1. The van der Waals surface area contributed by atoms with E-state index in [1.165, 1.54) is 0 Å². The first-order chi connectivity index (χ1) is 7.17. The number of amides is 1. The highest BCUT2D eigenvalue weighted by atomic mass is 16.3. The summed E-state index contributed by atoms with van der Waals surface area (Å²) in [6.07, 6.45) is 1.57. The molecule has 0 unspecified atom stereocenters. The van der Waals surface area contributed by atoms with Crippen molar-refractivity contribution in [3.8, 4) is 0 Å². The lowest BCUT2D eigenvalue weighted by Gasteiger charge is -2.10. The number of carbonyl (C=O) groups is 1. The Labute approximate surface area is 88.3 Å². The van der Waals surface area contributed by atoms with Crippen LogP contribution in [-0.2, 0) is 6.54 Å². The molecule has 15 heavy (non-hydrogen) atoms. The molecule has 5 heteroatoms. The van der Waals surface area contributed by atoms with Gasteiger partial charge in [-0.3, -0.25) is 9.78 Å². The number of pyridine rings is 1.